The van der Waals surface area contributed by atoms with Crippen LogP contribution in [-0.2, 0) is 16.0 Å². The van der Waals surface area contributed by atoms with Gasteiger partial charge in [0.1, 0.15) is 5.75 Å². The zero-order valence-corrected chi connectivity index (χ0v) is 18.8. The van der Waals surface area contributed by atoms with Crippen LogP contribution in [0.25, 0.3) is 0 Å². The highest BCUT2D eigenvalue weighted by atomic mass is 35.5. The van der Waals surface area contributed by atoms with E-state index in [4.69, 9.17) is 16.3 Å². The van der Waals surface area contributed by atoms with Gasteiger partial charge in [-0.25, -0.2) is 0 Å². The maximum Gasteiger partial charge on any atom is 0.247 e. The normalized spacial score (nSPS) is 19.9. The van der Waals surface area contributed by atoms with Crippen molar-refractivity contribution >= 4 is 29.1 Å². The van der Waals surface area contributed by atoms with Crippen molar-refractivity contribution in [2.45, 2.75) is 25.8 Å². The van der Waals surface area contributed by atoms with Crippen LogP contribution in [0.2, 0.25) is 5.02 Å². The Labute approximate surface area is 188 Å². The van der Waals surface area contributed by atoms with Crippen LogP contribution in [0.4, 0.5) is 5.69 Å². The predicted octanol–water partition coefficient (Wildman–Crippen LogP) is 3.15. The molecule has 0 bridgehead atoms. The quantitative estimate of drug-likeness (QED) is 0.644. The molecule has 1 atom stereocenters. The Hall–Kier alpha value is -2.57. The van der Waals surface area contributed by atoms with Gasteiger partial charge in [-0.1, -0.05) is 29.8 Å². The zero-order chi connectivity index (χ0) is 22.0. The van der Waals surface area contributed by atoms with Gasteiger partial charge in [0.05, 0.1) is 19.6 Å². The fourth-order valence-electron chi connectivity index (χ4n) is 4.42. The Bertz CT molecular complexity index is 955. The molecule has 0 aromatic heterocycles. The molecule has 0 radical (unpaired) electrons. The summed E-state index contributed by atoms with van der Waals surface area (Å²) in [6.07, 6.45) is 0.924. The van der Waals surface area contributed by atoms with Crippen molar-refractivity contribution in [3.63, 3.8) is 0 Å². The average Bonchev–Trinajstić information content (AvgIpc) is 3.07. The van der Waals surface area contributed by atoms with Crippen molar-refractivity contribution in [2.75, 3.05) is 44.7 Å². The number of methoxy groups -OCH3 is 1. The third-order valence-corrected chi connectivity index (χ3v) is 6.51. The number of aryl methyl sites for hydroxylation is 1. The van der Waals surface area contributed by atoms with Gasteiger partial charge in [-0.05, 0) is 48.7 Å². The number of rotatable bonds is 6. The highest BCUT2D eigenvalue weighted by molar-refractivity contribution is 6.30. The van der Waals surface area contributed by atoms with Crippen LogP contribution in [-0.4, -0.2) is 67.5 Å². The number of piperazine rings is 1. The molecule has 2 aliphatic rings. The number of ether oxygens (including phenoxy) is 1. The summed E-state index contributed by atoms with van der Waals surface area (Å²) in [5.41, 5.74) is 3.41. The van der Waals surface area contributed by atoms with Crippen molar-refractivity contribution in [3.8, 4) is 5.75 Å². The van der Waals surface area contributed by atoms with Gasteiger partial charge in [-0.15, -0.1) is 0 Å². The number of halogens is 1. The Kier molecular flexibility index (Phi) is 6.49. The van der Waals surface area contributed by atoms with Crippen LogP contribution in [0, 0.1) is 6.92 Å². The van der Waals surface area contributed by atoms with Crippen molar-refractivity contribution < 1.29 is 14.3 Å². The van der Waals surface area contributed by atoms with Crippen molar-refractivity contribution in [2.24, 2.45) is 0 Å². The summed E-state index contributed by atoms with van der Waals surface area (Å²) < 4.78 is 5.18. The van der Waals surface area contributed by atoms with E-state index in [1.54, 1.807) is 7.11 Å². The van der Waals surface area contributed by atoms with Crippen LogP contribution < -0.4 is 9.64 Å². The van der Waals surface area contributed by atoms with Gasteiger partial charge < -0.3 is 9.64 Å². The van der Waals surface area contributed by atoms with E-state index >= 15 is 0 Å². The summed E-state index contributed by atoms with van der Waals surface area (Å²) >= 11 is 6.18. The van der Waals surface area contributed by atoms with E-state index in [-0.39, 0.29) is 24.3 Å². The monoisotopic (exact) mass is 441 g/mol. The number of carbonyl (C=O) groups is 2. The van der Waals surface area contributed by atoms with E-state index in [2.05, 4.69) is 16.7 Å². The summed E-state index contributed by atoms with van der Waals surface area (Å²) in [5.74, 6) is 0.659. The fourth-order valence-corrected chi connectivity index (χ4v) is 4.58. The topological polar surface area (TPSA) is 53.1 Å². The van der Waals surface area contributed by atoms with E-state index < -0.39 is 0 Å². The molecule has 2 aromatic carbocycles. The Morgan fingerprint density at radius 2 is 1.74 bits per heavy atom. The first-order valence-corrected chi connectivity index (χ1v) is 11.1. The highest BCUT2D eigenvalue weighted by Gasteiger charge is 2.42. The first kappa shape index (κ1) is 21.7. The molecule has 2 heterocycles. The molecule has 0 N–H and O–H groups in total. The number of hydrogen-bond donors (Lipinski definition) is 0. The molecule has 0 saturated carbocycles. The van der Waals surface area contributed by atoms with E-state index in [1.807, 2.05) is 42.5 Å². The molecule has 7 heteroatoms. The molecule has 0 aliphatic carbocycles. The molecule has 4 rings (SSSR count). The number of amides is 2. The number of nitrogens with zero attached hydrogens (tertiary/aromatic N) is 3. The SMILES string of the molecule is COc1ccc(CCN2C(=O)C[C@@H](N3CCN(c4cc(Cl)ccc4C)CC3)C2=O)cc1. The fraction of sp³-hybridized carbons (Fsp3) is 0.417. The summed E-state index contributed by atoms with van der Waals surface area (Å²) in [6.45, 7) is 5.62. The zero-order valence-electron chi connectivity index (χ0n) is 18.0. The molecular weight excluding hydrogens is 414 g/mol. The largest absolute Gasteiger partial charge is 0.497 e. The summed E-state index contributed by atoms with van der Waals surface area (Å²) in [7, 11) is 1.63. The summed E-state index contributed by atoms with van der Waals surface area (Å²) in [5, 5.41) is 0.729. The molecule has 0 unspecified atom stereocenters. The number of hydrogen-bond acceptors (Lipinski definition) is 5. The van der Waals surface area contributed by atoms with E-state index in [1.165, 1.54) is 10.5 Å². The number of imide groups is 1. The third kappa shape index (κ3) is 4.70. The van der Waals surface area contributed by atoms with Crippen LogP contribution in [0.1, 0.15) is 17.5 Å². The molecule has 2 saturated heterocycles. The number of benzene rings is 2. The van der Waals surface area contributed by atoms with Gasteiger partial charge in [-0.3, -0.25) is 19.4 Å². The van der Waals surface area contributed by atoms with Crippen molar-refractivity contribution in [1.82, 2.24) is 9.80 Å². The third-order valence-electron chi connectivity index (χ3n) is 6.27. The van der Waals surface area contributed by atoms with E-state index in [0.717, 1.165) is 48.2 Å². The van der Waals surface area contributed by atoms with Gasteiger partial charge in [-0.2, -0.15) is 0 Å². The molecule has 2 aromatic rings. The lowest BCUT2D eigenvalue weighted by molar-refractivity contribution is -0.139. The Morgan fingerprint density at radius 1 is 1.03 bits per heavy atom. The minimum atomic E-state index is -0.342. The second kappa shape index (κ2) is 9.28. The maximum atomic E-state index is 13.0. The van der Waals surface area contributed by atoms with Gasteiger partial charge >= 0.3 is 0 Å². The number of carbonyl (C=O) groups excluding carboxylic acids is 2. The Morgan fingerprint density at radius 3 is 2.42 bits per heavy atom. The lowest BCUT2D eigenvalue weighted by Crippen LogP contribution is -2.52. The van der Waals surface area contributed by atoms with E-state index in [0.29, 0.717) is 13.0 Å². The van der Waals surface area contributed by atoms with Gasteiger partial charge in [0.2, 0.25) is 11.8 Å². The van der Waals surface area contributed by atoms with Crippen LogP contribution in [0.3, 0.4) is 0 Å². The lowest BCUT2D eigenvalue weighted by Gasteiger charge is -2.38. The molecule has 2 aliphatic heterocycles. The van der Waals surface area contributed by atoms with Crippen LogP contribution >= 0.6 is 11.6 Å². The second-order valence-corrected chi connectivity index (χ2v) is 8.59. The highest BCUT2D eigenvalue weighted by Crippen LogP contribution is 2.27. The van der Waals surface area contributed by atoms with Gasteiger partial charge in [0, 0.05) is 43.4 Å². The summed E-state index contributed by atoms with van der Waals surface area (Å²) in [4.78, 5) is 31.5. The lowest BCUT2D eigenvalue weighted by atomic mass is 10.1. The molecular formula is C24H28ClN3O3. The first-order valence-electron chi connectivity index (χ1n) is 10.7. The standard InChI is InChI=1S/C24H28ClN3O3/c1-17-3-6-19(25)15-21(17)26-11-13-27(14-12-26)22-16-23(29)28(24(22)30)10-9-18-4-7-20(31-2)8-5-18/h3-8,15,22H,9-14,16H2,1-2H3/t22-/m1/s1. The molecule has 31 heavy (non-hydrogen) atoms. The minimum absolute atomic E-state index is 0.0640. The first-order chi connectivity index (χ1) is 15.0. The Balaban J connectivity index is 1.34. The molecule has 0 spiro atoms. The van der Waals surface area contributed by atoms with Crippen molar-refractivity contribution in [3.05, 3.63) is 58.6 Å². The van der Waals surface area contributed by atoms with Crippen LogP contribution in [0.5, 0.6) is 5.75 Å². The van der Waals surface area contributed by atoms with E-state index in [9.17, 15) is 9.59 Å². The average molecular weight is 442 g/mol. The second-order valence-electron chi connectivity index (χ2n) is 8.16. The van der Waals surface area contributed by atoms with Gasteiger partial charge in [0.25, 0.3) is 0 Å². The number of anilines is 1. The van der Waals surface area contributed by atoms with Crippen LogP contribution in [0.15, 0.2) is 42.5 Å². The molecule has 2 fully saturated rings. The summed E-state index contributed by atoms with van der Waals surface area (Å²) in [6, 6.07) is 13.3. The molecule has 164 valence electrons. The van der Waals surface area contributed by atoms with Crippen molar-refractivity contribution in [1.29, 1.82) is 0 Å². The minimum Gasteiger partial charge on any atom is -0.497 e. The predicted molar refractivity (Wildman–Crippen MR) is 122 cm³/mol. The molecule has 2 amide bonds. The maximum absolute atomic E-state index is 13.0. The molecule has 6 nitrogen and oxygen atoms in total. The smallest absolute Gasteiger partial charge is 0.247 e. The number of likely N-dealkylation sites (tertiary alicyclic amines) is 1. The van der Waals surface area contributed by atoms with Gasteiger partial charge in [0.15, 0.2) is 0 Å².